The van der Waals surface area contributed by atoms with E-state index in [4.69, 9.17) is 10.4 Å². The Balaban J connectivity index is 2.86. The van der Waals surface area contributed by atoms with E-state index in [-0.39, 0.29) is 0 Å². The number of carboxylic acid groups (broad SMARTS) is 1. The van der Waals surface area contributed by atoms with Gasteiger partial charge in [-0.05, 0) is 30.7 Å². The Bertz CT molecular complexity index is 463. The Morgan fingerprint density at radius 2 is 2.24 bits per heavy atom. The fourth-order valence-electron chi connectivity index (χ4n) is 1.74. The topological polar surface area (TPSA) is 64.3 Å². The van der Waals surface area contributed by atoms with E-state index in [0.717, 1.165) is 11.3 Å². The summed E-state index contributed by atoms with van der Waals surface area (Å²) in [5.74, 6) is -1.22. The second kappa shape index (κ2) is 5.35. The predicted molar refractivity (Wildman–Crippen MR) is 66.0 cm³/mol. The quantitative estimate of drug-likeness (QED) is 0.862. The van der Waals surface area contributed by atoms with E-state index in [9.17, 15) is 4.79 Å². The summed E-state index contributed by atoms with van der Waals surface area (Å²) in [4.78, 5) is 12.7. The van der Waals surface area contributed by atoms with Gasteiger partial charge in [-0.15, -0.1) is 0 Å². The van der Waals surface area contributed by atoms with Crippen LogP contribution in [0.3, 0.4) is 0 Å². The van der Waals surface area contributed by atoms with Crippen molar-refractivity contribution in [3.05, 3.63) is 29.3 Å². The SMILES string of the molecule is Cc1cc(C#N)ccc1N(C)CC(C)C(=O)O. The Morgan fingerprint density at radius 1 is 1.59 bits per heavy atom. The van der Waals surface area contributed by atoms with Crippen LogP contribution in [0.4, 0.5) is 5.69 Å². The summed E-state index contributed by atoms with van der Waals surface area (Å²) in [6.07, 6.45) is 0. The summed E-state index contributed by atoms with van der Waals surface area (Å²) >= 11 is 0. The van der Waals surface area contributed by atoms with Crippen LogP contribution in [0.15, 0.2) is 18.2 Å². The van der Waals surface area contributed by atoms with Gasteiger partial charge in [0.2, 0.25) is 0 Å². The summed E-state index contributed by atoms with van der Waals surface area (Å²) < 4.78 is 0. The maximum absolute atomic E-state index is 10.8. The summed E-state index contributed by atoms with van der Waals surface area (Å²) in [6, 6.07) is 7.47. The third-order valence-corrected chi connectivity index (χ3v) is 2.71. The highest BCUT2D eigenvalue weighted by atomic mass is 16.4. The fraction of sp³-hybridized carbons (Fsp3) is 0.385. The zero-order valence-electron chi connectivity index (χ0n) is 10.3. The third-order valence-electron chi connectivity index (χ3n) is 2.71. The molecule has 90 valence electrons. The number of hydrogen-bond acceptors (Lipinski definition) is 3. The zero-order chi connectivity index (χ0) is 13.0. The lowest BCUT2D eigenvalue weighted by Crippen LogP contribution is -2.28. The van der Waals surface area contributed by atoms with E-state index in [2.05, 4.69) is 6.07 Å². The Kier molecular flexibility index (Phi) is 4.11. The van der Waals surface area contributed by atoms with Crippen molar-refractivity contribution in [2.45, 2.75) is 13.8 Å². The van der Waals surface area contributed by atoms with Crippen molar-refractivity contribution in [2.75, 3.05) is 18.5 Å². The number of aryl methyl sites for hydroxylation is 1. The average molecular weight is 232 g/mol. The number of benzene rings is 1. The average Bonchev–Trinajstić information content (AvgIpc) is 2.28. The fourth-order valence-corrected chi connectivity index (χ4v) is 1.74. The van der Waals surface area contributed by atoms with Crippen LogP contribution < -0.4 is 4.90 Å². The maximum atomic E-state index is 10.8. The molecule has 4 nitrogen and oxygen atoms in total. The smallest absolute Gasteiger partial charge is 0.308 e. The molecule has 1 N–H and O–H groups in total. The molecule has 0 radical (unpaired) electrons. The normalized spacial score (nSPS) is 11.6. The van der Waals surface area contributed by atoms with Crippen molar-refractivity contribution in [1.29, 1.82) is 5.26 Å². The molecule has 1 unspecified atom stereocenters. The molecule has 1 atom stereocenters. The van der Waals surface area contributed by atoms with Crippen LogP contribution in [0.5, 0.6) is 0 Å². The molecule has 0 aliphatic carbocycles. The molecule has 0 heterocycles. The Labute approximate surface area is 101 Å². The second-order valence-corrected chi connectivity index (χ2v) is 4.23. The maximum Gasteiger partial charge on any atom is 0.308 e. The van der Waals surface area contributed by atoms with Crippen molar-refractivity contribution < 1.29 is 9.90 Å². The number of hydrogen-bond donors (Lipinski definition) is 1. The van der Waals surface area contributed by atoms with Crippen molar-refractivity contribution in [2.24, 2.45) is 5.92 Å². The number of rotatable bonds is 4. The van der Waals surface area contributed by atoms with Crippen molar-refractivity contribution in [1.82, 2.24) is 0 Å². The monoisotopic (exact) mass is 232 g/mol. The minimum absolute atomic E-state index is 0.421. The molecule has 1 aromatic carbocycles. The van der Waals surface area contributed by atoms with E-state index in [1.165, 1.54) is 0 Å². The summed E-state index contributed by atoms with van der Waals surface area (Å²) in [5, 5.41) is 17.6. The lowest BCUT2D eigenvalue weighted by molar-refractivity contribution is -0.140. The van der Waals surface area contributed by atoms with Gasteiger partial charge in [0.15, 0.2) is 0 Å². The molecule has 0 amide bonds. The van der Waals surface area contributed by atoms with Gasteiger partial charge in [0, 0.05) is 19.3 Å². The molecular formula is C13H16N2O2. The van der Waals surface area contributed by atoms with Gasteiger partial charge in [0.25, 0.3) is 0 Å². The summed E-state index contributed by atoms with van der Waals surface area (Å²) in [7, 11) is 1.85. The molecule has 0 fully saturated rings. The third kappa shape index (κ3) is 3.22. The molecular weight excluding hydrogens is 216 g/mol. The number of anilines is 1. The molecule has 0 saturated carbocycles. The van der Waals surface area contributed by atoms with Gasteiger partial charge in [-0.1, -0.05) is 6.92 Å². The van der Waals surface area contributed by atoms with Crippen LogP contribution in [-0.2, 0) is 4.79 Å². The molecule has 0 aromatic heterocycles. The first-order chi connectivity index (χ1) is 7.95. The number of carboxylic acids is 1. The van der Waals surface area contributed by atoms with E-state index >= 15 is 0 Å². The van der Waals surface area contributed by atoms with Crippen LogP contribution in [0.2, 0.25) is 0 Å². The van der Waals surface area contributed by atoms with Crippen molar-refractivity contribution in [3.8, 4) is 6.07 Å². The van der Waals surface area contributed by atoms with Crippen LogP contribution >= 0.6 is 0 Å². The minimum atomic E-state index is -0.803. The first-order valence-corrected chi connectivity index (χ1v) is 5.40. The molecule has 0 aliphatic heterocycles. The van der Waals surface area contributed by atoms with Crippen LogP contribution in [0, 0.1) is 24.2 Å². The first kappa shape index (κ1) is 13.0. The molecule has 4 heteroatoms. The van der Waals surface area contributed by atoms with Crippen molar-refractivity contribution >= 4 is 11.7 Å². The molecule has 0 saturated heterocycles. The predicted octanol–water partition coefficient (Wildman–Crippen LogP) is 2.02. The van der Waals surface area contributed by atoms with Crippen LogP contribution in [-0.4, -0.2) is 24.7 Å². The van der Waals surface area contributed by atoms with Gasteiger partial charge in [-0.25, -0.2) is 0 Å². The molecule has 0 spiro atoms. The van der Waals surface area contributed by atoms with Crippen molar-refractivity contribution in [3.63, 3.8) is 0 Å². The largest absolute Gasteiger partial charge is 0.481 e. The summed E-state index contributed by atoms with van der Waals surface area (Å²) in [6.45, 7) is 4.04. The van der Waals surface area contributed by atoms with Crippen LogP contribution in [0.25, 0.3) is 0 Å². The highest BCUT2D eigenvalue weighted by Crippen LogP contribution is 2.20. The highest BCUT2D eigenvalue weighted by molar-refractivity contribution is 5.70. The number of aliphatic carboxylic acids is 1. The van der Waals surface area contributed by atoms with Gasteiger partial charge in [-0.2, -0.15) is 5.26 Å². The molecule has 1 rings (SSSR count). The lowest BCUT2D eigenvalue weighted by atomic mass is 10.1. The van der Waals surface area contributed by atoms with Gasteiger partial charge < -0.3 is 10.0 Å². The van der Waals surface area contributed by atoms with E-state index in [1.54, 1.807) is 19.1 Å². The molecule has 1 aromatic rings. The van der Waals surface area contributed by atoms with Gasteiger partial charge >= 0.3 is 5.97 Å². The van der Waals surface area contributed by atoms with Crippen LogP contribution in [0.1, 0.15) is 18.1 Å². The van der Waals surface area contributed by atoms with E-state index in [1.807, 2.05) is 24.9 Å². The van der Waals surface area contributed by atoms with Gasteiger partial charge in [0.05, 0.1) is 17.6 Å². The Morgan fingerprint density at radius 3 is 2.71 bits per heavy atom. The molecule has 17 heavy (non-hydrogen) atoms. The number of nitrogens with zero attached hydrogens (tertiary/aromatic N) is 2. The number of nitriles is 1. The highest BCUT2D eigenvalue weighted by Gasteiger charge is 2.15. The Hall–Kier alpha value is -2.02. The first-order valence-electron chi connectivity index (χ1n) is 5.40. The van der Waals surface area contributed by atoms with Gasteiger partial charge in [-0.3, -0.25) is 4.79 Å². The molecule has 0 aliphatic rings. The molecule has 0 bridgehead atoms. The van der Waals surface area contributed by atoms with E-state index < -0.39 is 11.9 Å². The van der Waals surface area contributed by atoms with E-state index in [0.29, 0.717) is 12.1 Å². The van der Waals surface area contributed by atoms with Gasteiger partial charge in [0.1, 0.15) is 0 Å². The zero-order valence-corrected chi connectivity index (χ0v) is 10.3. The minimum Gasteiger partial charge on any atom is -0.481 e. The second-order valence-electron chi connectivity index (χ2n) is 4.23. The summed E-state index contributed by atoms with van der Waals surface area (Å²) in [5.41, 5.74) is 2.55. The lowest BCUT2D eigenvalue weighted by Gasteiger charge is -2.23. The standard InChI is InChI=1S/C13H16N2O2/c1-9-6-11(7-14)4-5-12(9)15(3)8-10(2)13(16)17/h4-6,10H,8H2,1-3H3,(H,16,17). The number of carbonyl (C=O) groups is 1.